The van der Waals surface area contributed by atoms with E-state index >= 15 is 0 Å². The number of benzene rings is 2. The fourth-order valence-corrected chi connectivity index (χ4v) is 2.70. The van der Waals surface area contributed by atoms with E-state index in [2.05, 4.69) is 10.5 Å². The Hall–Kier alpha value is -3.22. The van der Waals surface area contributed by atoms with Crippen LogP contribution in [0.25, 0.3) is 0 Å². The van der Waals surface area contributed by atoms with Crippen molar-refractivity contribution in [1.29, 1.82) is 0 Å². The topological polar surface area (TPSA) is 71.0 Å². The third-order valence-electron chi connectivity index (χ3n) is 4.09. The Labute approximate surface area is 156 Å². The van der Waals surface area contributed by atoms with E-state index < -0.39 is 5.60 Å². The first-order chi connectivity index (χ1) is 12.8. The largest absolute Gasteiger partial charge is 0.378 e. The second-order valence-electron chi connectivity index (χ2n) is 6.79. The van der Waals surface area contributed by atoms with Gasteiger partial charge in [-0.1, -0.05) is 17.3 Å². The lowest BCUT2D eigenvalue weighted by atomic mass is 10.0. The van der Waals surface area contributed by atoms with Gasteiger partial charge in [-0.3, -0.25) is 14.5 Å². The molecule has 0 fully saturated rings. The maximum absolute atomic E-state index is 13.2. The van der Waals surface area contributed by atoms with Gasteiger partial charge in [-0.2, -0.15) is 0 Å². The number of nitrogens with zero attached hydrogens (tertiary/aromatic N) is 2. The third-order valence-corrected chi connectivity index (χ3v) is 4.09. The number of anilines is 1. The quantitative estimate of drug-likeness (QED) is 0.899. The highest BCUT2D eigenvalue weighted by molar-refractivity contribution is 6.10. The molecule has 1 N–H and O–H groups in total. The van der Waals surface area contributed by atoms with Crippen molar-refractivity contribution < 1.29 is 18.8 Å². The van der Waals surface area contributed by atoms with E-state index in [9.17, 15) is 14.0 Å². The third kappa shape index (κ3) is 4.13. The van der Waals surface area contributed by atoms with Crippen molar-refractivity contribution in [3.63, 3.8) is 0 Å². The summed E-state index contributed by atoms with van der Waals surface area (Å²) in [7, 11) is 0. The van der Waals surface area contributed by atoms with Gasteiger partial charge in [-0.25, -0.2) is 4.39 Å². The van der Waals surface area contributed by atoms with E-state index in [1.807, 2.05) is 12.1 Å². The van der Waals surface area contributed by atoms with Gasteiger partial charge in [0, 0.05) is 18.2 Å². The number of carbonyl (C=O) groups excluding carboxylic acids is 2. The van der Waals surface area contributed by atoms with Crippen LogP contribution in [0.3, 0.4) is 0 Å². The highest BCUT2D eigenvalue weighted by atomic mass is 19.1. The summed E-state index contributed by atoms with van der Waals surface area (Å²) in [5.74, 6) is -0.450. The van der Waals surface area contributed by atoms with E-state index in [1.54, 1.807) is 38.1 Å². The molecule has 2 aromatic carbocycles. The minimum absolute atomic E-state index is 0.154. The molecule has 0 spiro atoms. The lowest BCUT2D eigenvalue weighted by Gasteiger charge is -2.35. The molecule has 6 nitrogen and oxygen atoms in total. The van der Waals surface area contributed by atoms with Crippen LogP contribution >= 0.6 is 0 Å². The van der Waals surface area contributed by atoms with Crippen LogP contribution in [0.5, 0.6) is 0 Å². The van der Waals surface area contributed by atoms with E-state index in [4.69, 9.17) is 4.84 Å². The van der Waals surface area contributed by atoms with Crippen molar-refractivity contribution in [1.82, 2.24) is 4.90 Å². The summed E-state index contributed by atoms with van der Waals surface area (Å²) in [5, 5.41) is 6.81. The maximum Gasteiger partial charge on any atom is 0.275 e. The summed E-state index contributed by atoms with van der Waals surface area (Å²) >= 11 is 0. The normalized spacial score (nSPS) is 15.8. The van der Waals surface area contributed by atoms with Crippen LogP contribution in [0, 0.1) is 5.82 Å². The molecule has 0 saturated carbocycles. The number of hydrogen-bond acceptors (Lipinski definition) is 4. The Morgan fingerprint density at radius 3 is 2.37 bits per heavy atom. The molecule has 0 unspecified atom stereocenters. The molecule has 0 radical (unpaired) electrons. The van der Waals surface area contributed by atoms with Crippen LogP contribution < -0.4 is 5.32 Å². The summed E-state index contributed by atoms with van der Waals surface area (Å²) in [6.07, 6.45) is 0. The fraction of sp³-hybridized carbons (Fsp3) is 0.250. The molecule has 0 atom stereocenters. The Bertz CT molecular complexity index is 890. The predicted octanol–water partition coefficient (Wildman–Crippen LogP) is 3.28. The summed E-state index contributed by atoms with van der Waals surface area (Å²) in [6, 6.07) is 12.9. The molecule has 1 heterocycles. The Morgan fingerprint density at radius 2 is 1.78 bits per heavy atom. The minimum atomic E-state index is -1.10. The van der Waals surface area contributed by atoms with Gasteiger partial charge >= 0.3 is 0 Å². The van der Waals surface area contributed by atoms with Crippen molar-refractivity contribution in [2.75, 3.05) is 5.32 Å². The second-order valence-corrected chi connectivity index (χ2v) is 6.79. The minimum Gasteiger partial charge on any atom is -0.378 e. The van der Waals surface area contributed by atoms with Gasteiger partial charge in [0.1, 0.15) is 5.82 Å². The van der Waals surface area contributed by atoms with Crippen molar-refractivity contribution in [3.05, 3.63) is 65.5 Å². The Balaban J connectivity index is 1.90. The van der Waals surface area contributed by atoms with E-state index in [0.717, 1.165) is 5.56 Å². The molecule has 0 saturated heterocycles. The van der Waals surface area contributed by atoms with Gasteiger partial charge in [-0.05, 0) is 55.8 Å². The first-order valence-electron chi connectivity index (χ1n) is 8.47. The molecule has 27 heavy (non-hydrogen) atoms. The standard InChI is InChI=1S/C20H20FN3O3/c1-13(25)22-17-10-4-14(5-11-17)12-24-18(15-6-8-16(21)9-7-15)23-27-20(2,3)19(24)26/h4-11H,12H2,1-3H3,(H,22,25). The summed E-state index contributed by atoms with van der Waals surface area (Å²) < 4.78 is 13.2. The monoisotopic (exact) mass is 369 g/mol. The average Bonchev–Trinajstić information content (AvgIpc) is 2.61. The molecule has 1 aliphatic heterocycles. The number of oxime groups is 1. The molecule has 140 valence electrons. The molecule has 3 rings (SSSR count). The zero-order chi connectivity index (χ0) is 19.6. The Kier molecular flexibility index (Phi) is 4.94. The van der Waals surface area contributed by atoms with Crippen LogP contribution in [0.2, 0.25) is 0 Å². The Morgan fingerprint density at radius 1 is 1.15 bits per heavy atom. The number of rotatable bonds is 4. The second kappa shape index (κ2) is 7.19. The molecule has 1 aliphatic rings. The molecular weight excluding hydrogens is 349 g/mol. The van der Waals surface area contributed by atoms with Crippen LogP contribution in [0.15, 0.2) is 53.7 Å². The fourth-order valence-electron chi connectivity index (χ4n) is 2.70. The zero-order valence-corrected chi connectivity index (χ0v) is 15.3. The summed E-state index contributed by atoms with van der Waals surface area (Å²) in [5.41, 5.74) is 1.01. The smallest absolute Gasteiger partial charge is 0.275 e. The van der Waals surface area contributed by atoms with E-state index in [1.165, 1.54) is 24.0 Å². The van der Waals surface area contributed by atoms with E-state index in [-0.39, 0.29) is 24.2 Å². The highest BCUT2D eigenvalue weighted by Gasteiger charge is 2.41. The number of halogens is 1. The first kappa shape index (κ1) is 18.6. The van der Waals surface area contributed by atoms with Crippen LogP contribution in [0.1, 0.15) is 31.9 Å². The van der Waals surface area contributed by atoms with Crippen LogP contribution in [-0.4, -0.2) is 28.2 Å². The average molecular weight is 369 g/mol. The predicted molar refractivity (Wildman–Crippen MR) is 99.4 cm³/mol. The van der Waals surface area contributed by atoms with Gasteiger partial charge in [-0.15, -0.1) is 0 Å². The number of hydrogen-bond donors (Lipinski definition) is 1. The molecule has 0 bridgehead atoms. The summed E-state index contributed by atoms with van der Waals surface area (Å²) in [6.45, 7) is 5.00. The lowest BCUT2D eigenvalue weighted by Crippen LogP contribution is -2.52. The molecule has 0 aliphatic carbocycles. The molecule has 2 aromatic rings. The zero-order valence-electron chi connectivity index (χ0n) is 15.3. The SMILES string of the molecule is CC(=O)Nc1ccc(CN2C(=O)C(C)(C)ON=C2c2ccc(F)cc2)cc1. The highest BCUT2D eigenvalue weighted by Crippen LogP contribution is 2.25. The molecule has 7 heteroatoms. The van der Waals surface area contributed by atoms with Gasteiger partial charge in [0.15, 0.2) is 5.84 Å². The molecule has 2 amide bonds. The molecular formula is C20H20FN3O3. The maximum atomic E-state index is 13.2. The van der Waals surface area contributed by atoms with Gasteiger partial charge < -0.3 is 10.2 Å². The number of carbonyl (C=O) groups is 2. The number of amidine groups is 1. The summed E-state index contributed by atoms with van der Waals surface area (Å²) in [4.78, 5) is 30.9. The van der Waals surface area contributed by atoms with Crippen molar-refractivity contribution >= 4 is 23.3 Å². The lowest BCUT2D eigenvalue weighted by molar-refractivity contribution is -0.154. The number of amides is 2. The van der Waals surface area contributed by atoms with Gasteiger partial charge in [0.25, 0.3) is 5.91 Å². The molecule has 0 aromatic heterocycles. The van der Waals surface area contributed by atoms with Gasteiger partial charge in [0.05, 0.1) is 6.54 Å². The van der Waals surface area contributed by atoms with E-state index in [0.29, 0.717) is 17.1 Å². The van der Waals surface area contributed by atoms with Crippen molar-refractivity contribution in [2.24, 2.45) is 5.16 Å². The van der Waals surface area contributed by atoms with Crippen LogP contribution in [-0.2, 0) is 21.0 Å². The van der Waals surface area contributed by atoms with Gasteiger partial charge in [0.2, 0.25) is 11.5 Å². The number of nitrogens with one attached hydrogen (secondary N) is 1. The van der Waals surface area contributed by atoms with Crippen molar-refractivity contribution in [2.45, 2.75) is 32.9 Å². The first-order valence-corrected chi connectivity index (χ1v) is 8.47. The van der Waals surface area contributed by atoms with Crippen LogP contribution in [0.4, 0.5) is 10.1 Å². The van der Waals surface area contributed by atoms with Crippen molar-refractivity contribution in [3.8, 4) is 0 Å².